The number of halogens is 2. The lowest BCUT2D eigenvalue weighted by Crippen LogP contribution is -2.53. The minimum atomic E-state index is -0.719. The van der Waals surface area contributed by atoms with Crippen molar-refractivity contribution in [2.24, 2.45) is 0 Å². The van der Waals surface area contributed by atoms with E-state index in [0.717, 1.165) is 74.7 Å². The summed E-state index contributed by atoms with van der Waals surface area (Å²) in [4.78, 5) is 55.0. The summed E-state index contributed by atoms with van der Waals surface area (Å²) in [5.41, 5.74) is 4.40. The molecule has 0 bridgehead atoms. The summed E-state index contributed by atoms with van der Waals surface area (Å²) in [5.74, 6) is 0.0455. The SMILES string of the molecule is COc1cc(N2CCN(C3CCN(Cc4cc5c(cc4F)C(=O)N(C4CCC(=O)NC4=O)C5)CC3)CC2)ccc1Nc1ncc(Cl)c(Nc2ccccc2P(C)C)n1. The number of piperazine rings is 1. The van der Waals surface area contributed by atoms with E-state index in [1.807, 2.05) is 30.3 Å². The molecule has 3 fully saturated rings. The maximum Gasteiger partial charge on any atom is 0.255 e. The topological polar surface area (TPSA) is 135 Å². The van der Waals surface area contributed by atoms with Crippen LogP contribution in [0.1, 0.15) is 47.2 Å². The first-order valence-corrected chi connectivity index (χ1v) is 22.3. The van der Waals surface area contributed by atoms with Crippen LogP contribution >= 0.6 is 19.5 Å². The first kappa shape index (κ1) is 39.9. The third-order valence-electron chi connectivity index (χ3n) is 11.7. The van der Waals surface area contributed by atoms with Gasteiger partial charge in [0.25, 0.3) is 5.91 Å². The van der Waals surface area contributed by atoms with E-state index in [1.165, 1.54) is 16.3 Å². The van der Waals surface area contributed by atoms with Gasteiger partial charge < -0.3 is 25.2 Å². The number of amides is 3. The van der Waals surface area contributed by atoms with Crippen LogP contribution in [0.15, 0.2) is 60.8 Å². The third kappa shape index (κ3) is 8.47. The zero-order valence-electron chi connectivity index (χ0n) is 32.9. The van der Waals surface area contributed by atoms with Crippen molar-refractivity contribution in [3.05, 3.63) is 88.3 Å². The number of piperidine rings is 2. The number of likely N-dealkylation sites (tertiary alicyclic amines) is 1. The van der Waals surface area contributed by atoms with Crippen LogP contribution in [0.5, 0.6) is 5.75 Å². The number of anilines is 5. The summed E-state index contributed by atoms with van der Waals surface area (Å²) >= 11 is 6.51. The van der Waals surface area contributed by atoms with E-state index in [9.17, 15) is 14.4 Å². The van der Waals surface area contributed by atoms with Crippen molar-refractivity contribution in [1.82, 2.24) is 30.0 Å². The Bertz CT molecular complexity index is 2210. The molecule has 3 N–H and O–H groups in total. The summed E-state index contributed by atoms with van der Waals surface area (Å²) in [5, 5.41) is 10.7. The molecule has 3 amide bonds. The highest BCUT2D eigenvalue weighted by atomic mass is 35.5. The summed E-state index contributed by atoms with van der Waals surface area (Å²) in [6, 6.07) is 17.2. The van der Waals surface area contributed by atoms with E-state index in [-0.39, 0.29) is 39.1 Å². The average Bonchev–Trinajstić information content (AvgIpc) is 3.53. The van der Waals surface area contributed by atoms with Gasteiger partial charge in [0.05, 0.1) is 19.0 Å². The largest absolute Gasteiger partial charge is 0.494 e. The summed E-state index contributed by atoms with van der Waals surface area (Å²) in [6.45, 7) is 10.5. The lowest BCUT2D eigenvalue weighted by atomic mass is 10.00. The molecular formula is C42H48ClFN9O4P. The van der Waals surface area contributed by atoms with Crippen LogP contribution in [-0.4, -0.2) is 114 Å². The molecule has 4 aromatic rings. The van der Waals surface area contributed by atoms with Crippen LogP contribution in [0.2, 0.25) is 5.02 Å². The summed E-state index contributed by atoms with van der Waals surface area (Å²) in [6.07, 6.45) is 4.04. The number of carbonyl (C=O) groups excluding carboxylic acids is 3. The molecule has 1 unspecified atom stereocenters. The van der Waals surface area contributed by atoms with E-state index >= 15 is 4.39 Å². The van der Waals surface area contributed by atoms with Gasteiger partial charge in [-0.2, -0.15) is 4.98 Å². The molecule has 4 aliphatic heterocycles. The quantitative estimate of drug-likeness (QED) is 0.127. The lowest BCUT2D eigenvalue weighted by Gasteiger charge is -2.43. The average molecular weight is 828 g/mol. The van der Waals surface area contributed by atoms with E-state index in [2.05, 4.69) is 66.1 Å². The Labute approximate surface area is 344 Å². The van der Waals surface area contributed by atoms with Crippen LogP contribution in [0.4, 0.5) is 33.2 Å². The van der Waals surface area contributed by atoms with Crippen molar-refractivity contribution < 1.29 is 23.5 Å². The zero-order chi connectivity index (χ0) is 40.5. The molecule has 1 atom stereocenters. The van der Waals surface area contributed by atoms with Crippen molar-refractivity contribution in [2.45, 2.75) is 50.9 Å². The van der Waals surface area contributed by atoms with Crippen molar-refractivity contribution >= 4 is 71.4 Å². The molecule has 4 aliphatic rings. The Morgan fingerprint density at radius 3 is 2.47 bits per heavy atom. The third-order valence-corrected chi connectivity index (χ3v) is 13.3. The van der Waals surface area contributed by atoms with E-state index in [0.29, 0.717) is 46.3 Å². The van der Waals surface area contributed by atoms with Gasteiger partial charge in [-0.3, -0.25) is 29.5 Å². The first-order chi connectivity index (χ1) is 28.0. The van der Waals surface area contributed by atoms with Crippen molar-refractivity contribution in [2.75, 3.05) is 75.2 Å². The molecule has 1 aromatic heterocycles. The van der Waals surface area contributed by atoms with Gasteiger partial charge in [-0.25, -0.2) is 9.37 Å². The van der Waals surface area contributed by atoms with Crippen LogP contribution in [0.3, 0.4) is 0 Å². The molecule has 13 nitrogen and oxygen atoms in total. The number of fused-ring (bicyclic) bond motifs is 1. The number of rotatable bonds is 11. The van der Waals surface area contributed by atoms with Gasteiger partial charge in [0, 0.05) is 80.3 Å². The van der Waals surface area contributed by atoms with Crippen molar-refractivity contribution in [3.63, 3.8) is 0 Å². The Hall–Kier alpha value is -4.88. The molecule has 0 aliphatic carbocycles. The van der Waals surface area contributed by atoms with Gasteiger partial charge in [0.1, 0.15) is 22.6 Å². The molecule has 304 valence electrons. The number of hydrogen-bond acceptors (Lipinski definition) is 11. The van der Waals surface area contributed by atoms with E-state index < -0.39 is 17.8 Å². The van der Waals surface area contributed by atoms with Crippen molar-refractivity contribution in [1.29, 1.82) is 0 Å². The normalized spacial score (nSPS) is 19.4. The number of nitrogens with one attached hydrogen (secondary N) is 3. The summed E-state index contributed by atoms with van der Waals surface area (Å²) in [7, 11) is 1.33. The van der Waals surface area contributed by atoms with Gasteiger partial charge in [-0.1, -0.05) is 37.7 Å². The number of para-hydroxylation sites is 1. The molecular weight excluding hydrogens is 780 g/mol. The number of nitrogens with zero attached hydrogens (tertiary/aromatic N) is 6. The molecule has 0 radical (unpaired) electrons. The first-order valence-electron chi connectivity index (χ1n) is 19.7. The van der Waals surface area contributed by atoms with Gasteiger partial charge in [0.2, 0.25) is 17.8 Å². The van der Waals surface area contributed by atoms with Gasteiger partial charge >= 0.3 is 0 Å². The zero-order valence-corrected chi connectivity index (χ0v) is 34.6. The fraction of sp³-hybridized carbons (Fsp3) is 0.405. The predicted molar refractivity (Wildman–Crippen MR) is 226 cm³/mol. The maximum atomic E-state index is 15.4. The fourth-order valence-electron chi connectivity index (χ4n) is 8.50. The number of aromatic nitrogens is 2. The monoisotopic (exact) mass is 827 g/mol. The maximum absolute atomic E-state index is 15.4. The molecule has 58 heavy (non-hydrogen) atoms. The number of ether oxygens (including phenoxy) is 1. The van der Waals surface area contributed by atoms with Gasteiger partial charge in [-0.15, -0.1) is 0 Å². The molecule has 8 rings (SSSR count). The molecule has 0 saturated carbocycles. The Morgan fingerprint density at radius 2 is 1.72 bits per heavy atom. The van der Waals surface area contributed by atoms with E-state index in [4.69, 9.17) is 16.3 Å². The smallest absolute Gasteiger partial charge is 0.255 e. The fourth-order valence-corrected chi connectivity index (χ4v) is 9.64. The lowest BCUT2D eigenvalue weighted by molar-refractivity contribution is -0.136. The standard InChI is InChI=1S/C42H48ClFN9O4P/c1-57-36-21-29(8-9-33(36)47-42-45-23-31(43)39(49-42)46-34-6-4-5-7-37(34)58(2)3)52-18-16-51(17-19-52)28-12-14-50(15-13-28)24-27-20-26-25-53(41(56)30(26)22-32(27)44)35-10-11-38(54)48-40(35)55/h4-9,20-23,28,35H,10-19,24-25H2,1-3H3,(H,48,54,55)(H2,45,46,47,49). The minimum Gasteiger partial charge on any atom is -0.494 e. The molecule has 0 spiro atoms. The second-order valence-electron chi connectivity index (χ2n) is 15.5. The molecule has 3 saturated heterocycles. The number of imide groups is 1. The highest BCUT2D eigenvalue weighted by molar-refractivity contribution is 7.64. The highest BCUT2D eigenvalue weighted by Crippen LogP contribution is 2.35. The Balaban J connectivity index is 0.832. The second kappa shape index (κ2) is 17.1. The molecule has 16 heteroatoms. The van der Waals surface area contributed by atoms with Gasteiger partial charge in [-0.05, 0) is 86.9 Å². The summed E-state index contributed by atoms with van der Waals surface area (Å²) < 4.78 is 21.2. The minimum absolute atomic E-state index is 0.182. The number of methoxy groups -OCH3 is 1. The second-order valence-corrected chi connectivity index (χ2v) is 18.1. The number of hydrogen-bond donors (Lipinski definition) is 3. The number of carbonyl (C=O) groups is 3. The van der Waals surface area contributed by atoms with Crippen molar-refractivity contribution in [3.8, 4) is 5.75 Å². The van der Waals surface area contributed by atoms with Crippen LogP contribution < -0.4 is 30.9 Å². The highest BCUT2D eigenvalue weighted by Gasteiger charge is 2.40. The Kier molecular flexibility index (Phi) is 11.8. The van der Waals surface area contributed by atoms with Crippen LogP contribution in [0.25, 0.3) is 0 Å². The van der Waals surface area contributed by atoms with Crippen LogP contribution in [0, 0.1) is 5.82 Å². The Morgan fingerprint density at radius 1 is 0.948 bits per heavy atom. The van der Waals surface area contributed by atoms with Gasteiger partial charge in [0.15, 0.2) is 5.82 Å². The predicted octanol–water partition coefficient (Wildman–Crippen LogP) is 5.68. The molecule has 5 heterocycles. The molecule has 3 aromatic carbocycles. The number of benzene rings is 3. The van der Waals surface area contributed by atoms with E-state index in [1.54, 1.807) is 19.4 Å². The van der Waals surface area contributed by atoms with Crippen LogP contribution in [-0.2, 0) is 22.7 Å².